The standard InChI is InChI=1S/C9H11N5/c1-14-5-6-7(12-9(10)11)3-2-4-8(6)13-14/h2-5H,1H3,(H4,10,11,12). The largest absolute Gasteiger partial charge is 0.370 e. The average molecular weight is 189 g/mol. The van der Waals surface area contributed by atoms with E-state index in [0.29, 0.717) is 0 Å². The number of hydrogen-bond acceptors (Lipinski definition) is 2. The molecule has 0 saturated heterocycles. The normalized spacial score (nSPS) is 10.4. The van der Waals surface area contributed by atoms with Gasteiger partial charge in [0.15, 0.2) is 5.96 Å². The predicted molar refractivity (Wildman–Crippen MR) is 56.2 cm³/mol. The Bertz CT molecular complexity index is 493. The fourth-order valence-corrected chi connectivity index (χ4v) is 1.38. The molecule has 0 fully saturated rings. The zero-order chi connectivity index (χ0) is 10.1. The van der Waals surface area contributed by atoms with Crippen LogP contribution >= 0.6 is 0 Å². The van der Waals surface area contributed by atoms with Gasteiger partial charge in [0.25, 0.3) is 0 Å². The quantitative estimate of drug-likeness (QED) is 0.505. The molecule has 1 aromatic carbocycles. The van der Waals surface area contributed by atoms with E-state index in [-0.39, 0.29) is 5.96 Å². The van der Waals surface area contributed by atoms with Crippen molar-refractivity contribution in [3.8, 4) is 0 Å². The number of nitrogens with zero attached hydrogens (tertiary/aromatic N) is 3. The molecule has 5 nitrogen and oxygen atoms in total. The zero-order valence-corrected chi connectivity index (χ0v) is 7.81. The highest BCUT2D eigenvalue weighted by atomic mass is 15.2. The van der Waals surface area contributed by atoms with Gasteiger partial charge < -0.3 is 11.5 Å². The maximum atomic E-state index is 5.32. The highest BCUT2D eigenvalue weighted by Crippen LogP contribution is 2.24. The first-order chi connectivity index (χ1) is 6.66. The molecule has 0 unspecified atom stereocenters. The monoisotopic (exact) mass is 189 g/mol. The number of aryl methyl sites for hydroxylation is 1. The molecule has 0 aliphatic rings. The lowest BCUT2D eigenvalue weighted by atomic mass is 10.2. The Morgan fingerprint density at radius 1 is 1.43 bits per heavy atom. The summed E-state index contributed by atoms with van der Waals surface area (Å²) in [6.07, 6.45) is 1.89. The lowest BCUT2D eigenvalue weighted by Gasteiger charge is -1.95. The summed E-state index contributed by atoms with van der Waals surface area (Å²) in [5.41, 5.74) is 12.3. The topological polar surface area (TPSA) is 82.2 Å². The molecular weight excluding hydrogens is 178 g/mol. The van der Waals surface area contributed by atoms with Crippen LogP contribution in [-0.4, -0.2) is 15.7 Å². The van der Waals surface area contributed by atoms with Crippen LogP contribution in [0.4, 0.5) is 5.69 Å². The number of benzene rings is 1. The van der Waals surface area contributed by atoms with Gasteiger partial charge in [-0.3, -0.25) is 4.68 Å². The first-order valence-electron chi connectivity index (χ1n) is 4.19. The number of nitrogens with two attached hydrogens (primary N) is 2. The number of fused-ring (bicyclic) bond motifs is 1. The molecule has 0 bridgehead atoms. The fraction of sp³-hybridized carbons (Fsp3) is 0.111. The molecule has 0 atom stereocenters. The van der Waals surface area contributed by atoms with Crippen LogP contribution in [-0.2, 0) is 7.05 Å². The molecule has 14 heavy (non-hydrogen) atoms. The highest BCUT2D eigenvalue weighted by Gasteiger charge is 2.02. The number of aromatic nitrogens is 2. The van der Waals surface area contributed by atoms with Crippen LogP contribution in [0.3, 0.4) is 0 Å². The van der Waals surface area contributed by atoms with Gasteiger partial charge in [-0.2, -0.15) is 5.10 Å². The number of hydrogen-bond donors (Lipinski definition) is 2. The Balaban J connectivity index is 2.70. The summed E-state index contributed by atoms with van der Waals surface area (Å²) in [6.45, 7) is 0. The molecule has 5 heteroatoms. The van der Waals surface area contributed by atoms with E-state index in [1.807, 2.05) is 31.4 Å². The van der Waals surface area contributed by atoms with E-state index in [2.05, 4.69) is 10.1 Å². The second-order valence-corrected chi connectivity index (χ2v) is 3.05. The molecule has 2 aromatic rings. The second kappa shape index (κ2) is 3.02. The van der Waals surface area contributed by atoms with Gasteiger partial charge in [-0.1, -0.05) is 6.07 Å². The molecule has 1 heterocycles. The van der Waals surface area contributed by atoms with E-state index >= 15 is 0 Å². The zero-order valence-electron chi connectivity index (χ0n) is 7.81. The minimum Gasteiger partial charge on any atom is -0.370 e. The highest BCUT2D eigenvalue weighted by molar-refractivity contribution is 5.92. The minimum absolute atomic E-state index is 0.0568. The SMILES string of the molecule is Cn1cc2c(N=C(N)N)cccc2n1. The molecule has 0 radical (unpaired) electrons. The Morgan fingerprint density at radius 2 is 2.21 bits per heavy atom. The molecule has 72 valence electrons. The molecule has 4 N–H and O–H groups in total. The maximum Gasteiger partial charge on any atom is 0.191 e. The molecule has 0 amide bonds. The summed E-state index contributed by atoms with van der Waals surface area (Å²) < 4.78 is 1.73. The van der Waals surface area contributed by atoms with E-state index in [0.717, 1.165) is 16.6 Å². The van der Waals surface area contributed by atoms with Gasteiger partial charge in [0.05, 0.1) is 11.2 Å². The van der Waals surface area contributed by atoms with Crippen LogP contribution in [0.5, 0.6) is 0 Å². The van der Waals surface area contributed by atoms with Crippen molar-refractivity contribution in [1.82, 2.24) is 9.78 Å². The molecule has 0 aliphatic carbocycles. The van der Waals surface area contributed by atoms with Crippen molar-refractivity contribution < 1.29 is 0 Å². The van der Waals surface area contributed by atoms with Gasteiger partial charge >= 0.3 is 0 Å². The third-order valence-electron chi connectivity index (χ3n) is 1.89. The van der Waals surface area contributed by atoms with Crippen molar-refractivity contribution in [3.63, 3.8) is 0 Å². The van der Waals surface area contributed by atoms with Gasteiger partial charge in [0, 0.05) is 18.6 Å². The van der Waals surface area contributed by atoms with E-state index in [4.69, 9.17) is 11.5 Å². The summed E-state index contributed by atoms with van der Waals surface area (Å²) in [6, 6.07) is 5.64. The Labute approximate surface area is 81.0 Å². The van der Waals surface area contributed by atoms with Crippen molar-refractivity contribution in [2.75, 3.05) is 0 Å². The smallest absolute Gasteiger partial charge is 0.191 e. The summed E-state index contributed by atoms with van der Waals surface area (Å²) in [4.78, 5) is 4.02. The predicted octanol–water partition coefficient (Wildman–Crippen LogP) is 0.478. The van der Waals surface area contributed by atoms with Gasteiger partial charge in [0.2, 0.25) is 0 Å². The van der Waals surface area contributed by atoms with Gasteiger partial charge in [-0.15, -0.1) is 0 Å². The number of guanidine groups is 1. The van der Waals surface area contributed by atoms with Crippen LogP contribution < -0.4 is 11.5 Å². The van der Waals surface area contributed by atoms with Crippen LogP contribution in [0.1, 0.15) is 0 Å². The van der Waals surface area contributed by atoms with E-state index < -0.39 is 0 Å². The molecule has 2 rings (SSSR count). The van der Waals surface area contributed by atoms with Crippen molar-refractivity contribution in [2.45, 2.75) is 0 Å². The third-order valence-corrected chi connectivity index (χ3v) is 1.89. The molecule has 0 aliphatic heterocycles. The third kappa shape index (κ3) is 1.39. The van der Waals surface area contributed by atoms with Gasteiger partial charge in [-0.05, 0) is 12.1 Å². The Hall–Kier alpha value is -2.04. The first kappa shape index (κ1) is 8.55. The van der Waals surface area contributed by atoms with Gasteiger partial charge in [0.1, 0.15) is 0 Å². The average Bonchev–Trinajstić information content (AvgIpc) is 2.45. The van der Waals surface area contributed by atoms with E-state index in [9.17, 15) is 0 Å². The van der Waals surface area contributed by atoms with Crippen molar-refractivity contribution in [3.05, 3.63) is 24.4 Å². The van der Waals surface area contributed by atoms with Gasteiger partial charge in [-0.25, -0.2) is 4.99 Å². The lowest BCUT2D eigenvalue weighted by Crippen LogP contribution is -2.21. The van der Waals surface area contributed by atoms with Crippen molar-refractivity contribution in [2.24, 2.45) is 23.5 Å². The summed E-state index contributed by atoms with van der Waals surface area (Å²) >= 11 is 0. The van der Waals surface area contributed by atoms with Crippen LogP contribution in [0, 0.1) is 0 Å². The number of rotatable bonds is 1. The fourth-order valence-electron chi connectivity index (χ4n) is 1.38. The van der Waals surface area contributed by atoms with Crippen molar-refractivity contribution >= 4 is 22.5 Å². The lowest BCUT2D eigenvalue weighted by molar-refractivity contribution is 0.780. The molecular formula is C9H11N5. The van der Waals surface area contributed by atoms with Crippen LogP contribution in [0.2, 0.25) is 0 Å². The molecule has 1 aromatic heterocycles. The van der Waals surface area contributed by atoms with Crippen LogP contribution in [0.25, 0.3) is 10.9 Å². The Morgan fingerprint density at radius 3 is 2.93 bits per heavy atom. The van der Waals surface area contributed by atoms with Crippen LogP contribution in [0.15, 0.2) is 29.4 Å². The summed E-state index contributed by atoms with van der Waals surface area (Å²) in [5, 5.41) is 5.19. The first-order valence-corrected chi connectivity index (χ1v) is 4.19. The minimum atomic E-state index is 0.0568. The van der Waals surface area contributed by atoms with Crippen molar-refractivity contribution in [1.29, 1.82) is 0 Å². The molecule has 0 saturated carbocycles. The second-order valence-electron chi connectivity index (χ2n) is 3.05. The van der Waals surface area contributed by atoms with E-state index in [1.54, 1.807) is 4.68 Å². The summed E-state index contributed by atoms with van der Waals surface area (Å²) in [5.74, 6) is 0.0568. The Kier molecular flexibility index (Phi) is 1.85. The maximum absolute atomic E-state index is 5.32. The molecule has 0 spiro atoms. The number of aliphatic imine (C=N–C) groups is 1. The van der Waals surface area contributed by atoms with E-state index in [1.165, 1.54) is 0 Å². The summed E-state index contributed by atoms with van der Waals surface area (Å²) in [7, 11) is 1.86.